The molecule has 0 unspecified atom stereocenters. The molecule has 0 spiro atoms. The lowest BCUT2D eigenvalue weighted by atomic mass is 10.1. The monoisotopic (exact) mass is 287 g/mol. The van der Waals surface area contributed by atoms with Crippen molar-refractivity contribution in [3.8, 4) is 0 Å². The number of carbonyl (C=O) groups excluding carboxylic acids is 2. The second-order valence-corrected chi connectivity index (χ2v) is 4.93. The van der Waals surface area contributed by atoms with Gasteiger partial charge >= 0.3 is 0 Å². The maximum Gasteiger partial charge on any atom is 0.263 e. The molecule has 0 saturated heterocycles. The van der Waals surface area contributed by atoms with E-state index in [4.69, 9.17) is 23.2 Å². The summed E-state index contributed by atoms with van der Waals surface area (Å²) in [5.41, 5.74) is 0.177. The van der Waals surface area contributed by atoms with Gasteiger partial charge in [0, 0.05) is 12.5 Å². The van der Waals surface area contributed by atoms with Crippen molar-refractivity contribution in [2.75, 3.05) is 0 Å². The first-order chi connectivity index (χ1) is 8.40. The van der Waals surface area contributed by atoms with Crippen molar-refractivity contribution >= 4 is 35.0 Å². The SMILES string of the molecule is CCC(=O)N(C(=O)c1c(Cl)cccc1Cl)C(C)C. The molecule has 0 N–H and O–H groups in total. The van der Waals surface area contributed by atoms with Gasteiger partial charge in [0.15, 0.2) is 0 Å². The zero-order valence-electron chi connectivity index (χ0n) is 10.5. The molecule has 0 radical (unpaired) electrons. The Hall–Kier alpha value is -1.06. The number of benzene rings is 1. The van der Waals surface area contributed by atoms with E-state index in [2.05, 4.69) is 0 Å². The first kappa shape index (κ1) is 15.0. The van der Waals surface area contributed by atoms with Crippen LogP contribution < -0.4 is 0 Å². The average molecular weight is 288 g/mol. The third-order valence-corrected chi connectivity index (χ3v) is 3.11. The van der Waals surface area contributed by atoms with Crippen molar-refractivity contribution in [3.05, 3.63) is 33.8 Å². The van der Waals surface area contributed by atoms with E-state index in [0.717, 1.165) is 0 Å². The van der Waals surface area contributed by atoms with Crippen LogP contribution in [0.15, 0.2) is 18.2 Å². The Balaban J connectivity index is 3.22. The predicted octanol–water partition coefficient (Wildman–Crippen LogP) is 3.78. The van der Waals surface area contributed by atoms with Crippen molar-refractivity contribution < 1.29 is 9.59 Å². The van der Waals surface area contributed by atoms with Gasteiger partial charge in [0.05, 0.1) is 15.6 Å². The lowest BCUT2D eigenvalue weighted by Crippen LogP contribution is -2.41. The Bertz CT molecular complexity index is 452. The van der Waals surface area contributed by atoms with E-state index < -0.39 is 5.91 Å². The van der Waals surface area contributed by atoms with Crippen LogP contribution in [0.1, 0.15) is 37.6 Å². The van der Waals surface area contributed by atoms with Gasteiger partial charge in [-0.15, -0.1) is 0 Å². The molecule has 0 bridgehead atoms. The summed E-state index contributed by atoms with van der Waals surface area (Å²) in [7, 11) is 0. The molecule has 5 heteroatoms. The third kappa shape index (κ3) is 3.03. The highest BCUT2D eigenvalue weighted by atomic mass is 35.5. The van der Waals surface area contributed by atoms with Gasteiger partial charge in [0.1, 0.15) is 0 Å². The molecular formula is C13H15Cl2NO2. The number of carbonyl (C=O) groups is 2. The minimum absolute atomic E-state index is 0.177. The minimum atomic E-state index is -0.451. The fourth-order valence-electron chi connectivity index (χ4n) is 1.63. The highest BCUT2D eigenvalue weighted by Crippen LogP contribution is 2.26. The van der Waals surface area contributed by atoms with Crippen LogP contribution in [-0.2, 0) is 4.79 Å². The predicted molar refractivity (Wildman–Crippen MR) is 73.1 cm³/mol. The highest BCUT2D eigenvalue weighted by Gasteiger charge is 2.27. The Labute approximate surface area is 117 Å². The first-order valence-electron chi connectivity index (χ1n) is 5.70. The van der Waals surface area contributed by atoms with Crippen LogP contribution in [0.4, 0.5) is 0 Å². The van der Waals surface area contributed by atoms with Crippen LogP contribution in [0, 0.1) is 0 Å². The number of nitrogens with zero attached hydrogens (tertiary/aromatic N) is 1. The zero-order valence-corrected chi connectivity index (χ0v) is 12.0. The molecule has 3 nitrogen and oxygen atoms in total. The smallest absolute Gasteiger partial charge is 0.263 e. The largest absolute Gasteiger partial charge is 0.276 e. The molecule has 0 aromatic heterocycles. The van der Waals surface area contributed by atoms with Gasteiger partial charge in [-0.2, -0.15) is 0 Å². The molecule has 0 heterocycles. The Morgan fingerprint density at radius 2 is 1.72 bits per heavy atom. The van der Waals surface area contributed by atoms with Crippen molar-refractivity contribution in [3.63, 3.8) is 0 Å². The average Bonchev–Trinajstić information content (AvgIpc) is 2.28. The molecule has 0 saturated carbocycles. The van der Waals surface area contributed by atoms with Crippen LogP contribution in [0.25, 0.3) is 0 Å². The molecule has 0 atom stereocenters. The summed E-state index contributed by atoms with van der Waals surface area (Å²) in [5.74, 6) is -0.696. The van der Waals surface area contributed by atoms with Crippen LogP contribution in [0.5, 0.6) is 0 Å². The normalized spacial score (nSPS) is 10.6. The number of hydrogen-bond acceptors (Lipinski definition) is 2. The third-order valence-electron chi connectivity index (χ3n) is 2.48. The molecule has 2 amide bonds. The van der Waals surface area contributed by atoms with E-state index in [-0.39, 0.29) is 34.0 Å². The number of rotatable bonds is 3. The minimum Gasteiger partial charge on any atom is -0.276 e. The fraction of sp³-hybridized carbons (Fsp3) is 0.385. The zero-order chi connectivity index (χ0) is 13.9. The van der Waals surface area contributed by atoms with Gasteiger partial charge < -0.3 is 0 Å². The van der Waals surface area contributed by atoms with Crippen molar-refractivity contribution in [2.45, 2.75) is 33.2 Å². The van der Waals surface area contributed by atoms with E-state index in [1.54, 1.807) is 39.0 Å². The summed E-state index contributed by atoms with van der Waals surface area (Å²) >= 11 is 12.0. The van der Waals surface area contributed by atoms with Crippen LogP contribution in [0.2, 0.25) is 10.0 Å². The van der Waals surface area contributed by atoms with Crippen LogP contribution in [-0.4, -0.2) is 22.8 Å². The number of halogens is 2. The van der Waals surface area contributed by atoms with E-state index in [1.165, 1.54) is 4.90 Å². The van der Waals surface area contributed by atoms with Gasteiger partial charge in [0.25, 0.3) is 5.91 Å². The second-order valence-electron chi connectivity index (χ2n) is 4.11. The Morgan fingerprint density at radius 1 is 1.22 bits per heavy atom. The standard InChI is InChI=1S/C13H15Cl2NO2/c1-4-11(17)16(8(2)3)13(18)12-9(14)6-5-7-10(12)15/h5-8H,4H2,1-3H3. The molecule has 1 rings (SSSR count). The van der Waals surface area contributed by atoms with Gasteiger partial charge in [-0.25, -0.2) is 0 Å². The van der Waals surface area contributed by atoms with E-state index in [0.29, 0.717) is 0 Å². The van der Waals surface area contributed by atoms with Gasteiger partial charge in [0.2, 0.25) is 5.91 Å². The fourth-order valence-corrected chi connectivity index (χ4v) is 2.19. The van der Waals surface area contributed by atoms with Crippen LogP contribution in [0.3, 0.4) is 0 Å². The molecular weight excluding hydrogens is 273 g/mol. The van der Waals surface area contributed by atoms with Gasteiger partial charge in [-0.3, -0.25) is 14.5 Å². The molecule has 1 aromatic carbocycles. The molecule has 0 aliphatic heterocycles. The number of hydrogen-bond donors (Lipinski definition) is 0. The summed E-state index contributed by atoms with van der Waals surface area (Å²) in [6, 6.07) is 4.57. The molecule has 0 aliphatic rings. The summed E-state index contributed by atoms with van der Waals surface area (Å²) in [6.45, 7) is 5.26. The molecule has 18 heavy (non-hydrogen) atoms. The summed E-state index contributed by atoms with van der Waals surface area (Å²) in [6.07, 6.45) is 0.256. The highest BCUT2D eigenvalue weighted by molar-refractivity contribution is 6.40. The van der Waals surface area contributed by atoms with E-state index in [9.17, 15) is 9.59 Å². The quantitative estimate of drug-likeness (QED) is 0.848. The Kier molecular flexibility index (Phi) is 5.17. The summed E-state index contributed by atoms with van der Waals surface area (Å²) in [4.78, 5) is 25.4. The maximum absolute atomic E-state index is 12.4. The molecule has 98 valence electrons. The van der Waals surface area contributed by atoms with Gasteiger partial charge in [-0.1, -0.05) is 36.2 Å². The summed E-state index contributed by atoms with van der Waals surface area (Å²) < 4.78 is 0. The lowest BCUT2D eigenvalue weighted by Gasteiger charge is -2.25. The van der Waals surface area contributed by atoms with E-state index >= 15 is 0 Å². The van der Waals surface area contributed by atoms with Gasteiger partial charge in [-0.05, 0) is 26.0 Å². The molecule has 1 aromatic rings. The van der Waals surface area contributed by atoms with Crippen LogP contribution >= 0.6 is 23.2 Å². The first-order valence-corrected chi connectivity index (χ1v) is 6.46. The molecule has 0 aliphatic carbocycles. The lowest BCUT2D eigenvalue weighted by molar-refractivity contribution is -0.129. The van der Waals surface area contributed by atoms with E-state index in [1.807, 2.05) is 0 Å². The topological polar surface area (TPSA) is 37.4 Å². The maximum atomic E-state index is 12.4. The number of imide groups is 1. The van der Waals surface area contributed by atoms with Crippen molar-refractivity contribution in [2.24, 2.45) is 0 Å². The Morgan fingerprint density at radius 3 is 2.11 bits per heavy atom. The second kappa shape index (κ2) is 6.21. The number of amides is 2. The molecule has 0 fully saturated rings. The van der Waals surface area contributed by atoms with Crippen molar-refractivity contribution in [1.29, 1.82) is 0 Å². The van der Waals surface area contributed by atoms with Crippen molar-refractivity contribution in [1.82, 2.24) is 4.90 Å². The summed E-state index contributed by atoms with van der Waals surface area (Å²) in [5, 5.41) is 0.504.